The molecule has 0 saturated carbocycles. The van der Waals surface area contributed by atoms with Crippen LogP contribution in [0.5, 0.6) is 0 Å². The van der Waals surface area contributed by atoms with Crippen molar-refractivity contribution in [1.82, 2.24) is 30.3 Å². The first kappa shape index (κ1) is 22.4. The van der Waals surface area contributed by atoms with Gasteiger partial charge in [0.2, 0.25) is 0 Å². The van der Waals surface area contributed by atoms with Gasteiger partial charge in [0.05, 0.1) is 17.4 Å². The Balaban J connectivity index is 1.34. The third-order valence-electron chi connectivity index (χ3n) is 5.98. The Kier molecular flexibility index (Phi) is 6.85. The Morgan fingerprint density at radius 3 is 2.83 bits per heavy atom. The zero-order valence-electron chi connectivity index (χ0n) is 19.4. The summed E-state index contributed by atoms with van der Waals surface area (Å²) in [7, 11) is 0. The third kappa shape index (κ3) is 5.58. The molecule has 0 aliphatic carbocycles. The molecule has 4 heterocycles. The van der Waals surface area contributed by atoms with E-state index < -0.39 is 0 Å². The lowest BCUT2D eigenvalue weighted by Gasteiger charge is -2.15. The van der Waals surface area contributed by atoms with Crippen molar-refractivity contribution < 1.29 is 4.79 Å². The molecule has 0 atom stereocenters. The largest absolute Gasteiger partial charge is 0.357 e. The summed E-state index contributed by atoms with van der Waals surface area (Å²) in [6, 6.07) is 13.3. The van der Waals surface area contributed by atoms with Gasteiger partial charge in [-0.1, -0.05) is 12.0 Å². The molecule has 3 aromatic heterocycles. The number of hydrogen-bond acceptors (Lipinski definition) is 5. The molecular weight excluding hydrogens is 438 g/mol. The second kappa shape index (κ2) is 10.7. The number of amides is 1. The summed E-state index contributed by atoms with van der Waals surface area (Å²) in [5.74, 6) is 7.27. The summed E-state index contributed by atoms with van der Waals surface area (Å²) in [4.78, 5) is 19.8. The molecule has 5 rings (SSSR count). The normalized spacial score (nSPS) is 12.9. The Morgan fingerprint density at radius 1 is 1.11 bits per heavy atom. The molecular formula is C27H27N7O. The van der Waals surface area contributed by atoms with Crippen LogP contribution in [-0.4, -0.2) is 50.5 Å². The molecule has 1 amide bonds. The van der Waals surface area contributed by atoms with Crippen molar-refractivity contribution in [2.24, 2.45) is 0 Å². The van der Waals surface area contributed by atoms with E-state index in [0.717, 1.165) is 43.0 Å². The molecule has 1 aliphatic rings. The van der Waals surface area contributed by atoms with Gasteiger partial charge < -0.3 is 10.2 Å². The highest BCUT2D eigenvalue weighted by molar-refractivity contribution is 5.95. The first-order valence-corrected chi connectivity index (χ1v) is 11.9. The van der Waals surface area contributed by atoms with Gasteiger partial charge in [-0.05, 0) is 73.6 Å². The first-order chi connectivity index (χ1) is 17.3. The molecule has 0 spiro atoms. The van der Waals surface area contributed by atoms with Crippen molar-refractivity contribution in [3.8, 4) is 17.5 Å². The molecule has 0 radical (unpaired) electrons. The number of benzene rings is 1. The van der Waals surface area contributed by atoms with Crippen LogP contribution < -0.4 is 10.2 Å². The van der Waals surface area contributed by atoms with Crippen LogP contribution in [0.25, 0.3) is 5.69 Å². The highest BCUT2D eigenvalue weighted by atomic mass is 16.1. The number of nitrogens with one attached hydrogen (secondary N) is 2. The molecule has 8 heteroatoms. The predicted octanol–water partition coefficient (Wildman–Crippen LogP) is 3.35. The minimum Gasteiger partial charge on any atom is -0.357 e. The number of rotatable bonds is 7. The fourth-order valence-electron chi connectivity index (χ4n) is 4.15. The van der Waals surface area contributed by atoms with Crippen molar-refractivity contribution in [2.45, 2.75) is 25.7 Å². The maximum Gasteiger partial charge on any atom is 0.251 e. The van der Waals surface area contributed by atoms with Gasteiger partial charge >= 0.3 is 0 Å². The minimum absolute atomic E-state index is 0.124. The van der Waals surface area contributed by atoms with Gasteiger partial charge in [0, 0.05) is 43.8 Å². The van der Waals surface area contributed by atoms with Gasteiger partial charge in [0.15, 0.2) is 0 Å². The van der Waals surface area contributed by atoms with Crippen LogP contribution in [-0.2, 0) is 6.42 Å². The third-order valence-corrected chi connectivity index (χ3v) is 5.98. The molecule has 0 unspecified atom stereocenters. The Labute approximate surface area is 204 Å². The van der Waals surface area contributed by atoms with E-state index >= 15 is 0 Å². The van der Waals surface area contributed by atoms with Crippen LogP contribution in [0, 0.1) is 11.8 Å². The van der Waals surface area contributed by atoms with E-state index in [1.165, 1.54) is 12.8 Å². The number of carbonyl (C=O) groups excluding carboxylic acids is 1. The number of carbonyl (C=O) groups is 1. The molecule has 1 aliphatic heterocycles. The smallest absolute Gasteiger partial charge is 0.251 e. The SMILES string of the molecule is O=C(NCCCc1cn[nH]c1)c1ccc(-n2cccn2)c(C#Cc2cccc(N3CCCC3)n2)c1. The lowest BCUT2D eigenvalue weighted by atomic mass is 10.1. The van der Waals surface area contributed by atoms with E-state index in [4.69, 9.17) is 4.98 Å². The Morgan fingerprint density at radius 2 is 2.03 bits per heavy atom. The summed E-state index contributed by atoms with van der Waals surface area (Å²) in [5, 5.41) is 14.1. The van der Waals surface area contributed by atoms with Crippen LogP contribution in [0.2, 0.25) is 0 Å². The van der Waals surface area contributed by atoms with E-state index in [0.29, 0.717) is 23.4 Å². The number of aromatic nitrogens is 5. The lowest BCUT2D eigenvalue weighted by Crippen LogP contribution is -2.25. The predicted molar refractivity (Wildman–Crippen MR) is 134 cm³/mol. The molecule has 1 saturated heterocycles. The van der Waals surface area contributed by atoms with Crippen molar-refractivity contribution in [2.75, 3.05) is 24.5 Å². The van der Waals surface area contributed by atoms with Crippen LogP contribution in [0.15, 0.2) is 67.3 Å². The zero-order chi connectivity index (χ0) is 23.9. The zero-order valence-corrected chi connectivity index (χ0v) is 19.4. The fraction of sp³-hybridized carbons (Fsp3) is 0.259. The number of pyridine rings is 1. The maximum absolute atomic E-state index is 12.8. The van der Waals surface area contributed by atoms with E-state index in [1.54, 1.807) is 23.1 Å². The average molecular weight is 466 g/mol. The van der Waals surface area contributed by atoms with Crippen molar-refractivity contribution in [3.05, 3.63) is 89.6 Å². The second-order valence-corrected chi connectivity index (χ2v) is 8.47. The van der Waals surface area contributed by atoms with Gasteiger partial charge in [-0.15, -0.1) is 0 Å². The topological polar surface area (TPSA) is 91.7 Å². The number of anilines is 1. The average Bonchev–Trinajstić information content (AvgIpc) is 3.69. The van der Waals surface area contributed by atoms with Gasteiger partial charge in [-0.3, -0.25) is 9.89 Å². The highest BCUT2D eigenvalue weighted by Gasteiger charge is 2.13. The van der Waals surface area contributed by atoms with Crippen LogP contribution in [0.1, 0.15) is 46.4 Å². The van der Waals surface area contributed by atoms with Crippen LogP contribution >= 0.6 is 0 Å². The lowest BCUT2D eigenvalue weighted by molar-refractivity contribution is 0.0953. The maximum atomic E-state index is 12.8. The number of nitrogens with zero attached hydrogens (tertiary/aromatic N) is 5. The van der Waals surface area contributed by atoms with E-state index in [-0.39, 0.29) is 5.91 Å². The summed E-state index contributed by atoms with van der Waals surface area (Å²) >= 11 is 0. The molecule has 4 aromatic rings. The number of aryl methyl sites for hydroxylation is 1. The number of H-pyrrole nitrogens is 1. The Hall–Kier alpha value is -4.38. The van der Waals surface area contributed by atoms with Gasteiger partial charge in [-0.2, -0.15) is 10.2 Å². The number of hydrogen-bond donors (Lipinski definition) is 2. The Bertz CT molecular complexity index is 1330. The molecule has 1 fully saturated rings. The summed E-state index contributed by atoms with van der Waals surface area (Å²) in [5.41, 5.74) is 3.92. The first-order valence-electron chi connectivity index (χ1n) is 11.9. The van der Waals surface area contributed by atoms with Gasteiger partial charge in [0.1, 0.15) is 11.5 Å². The quantitative estimate of drug-likeness (QED) is 0.323. The van der Waals surface area contributed by atoms with Crippen molar-refractivity contribution in [1.29, 1.82) is 0 Å². The van der Waals surface area contributed by atoms with Crippen molar-refractivity contribution in [3.63, 3.8) is 0 Å². The van der Waals surface area contributed by atoms with E-state index in [1.807, 2.05) is 48.8 Å². The highest BCUT2D eigenvalue weighted by Crippen LogP contribution is 2.19. The standard InChI is InChI=1S/C27H27N7O/c35-27(28-13-4-6-21-19-29-30-20-21)23-10-12-25(34-17-5-14-31-34)22(18-23)9-11-24-7-3-8-26(32-24)33-15-1-2-16-33/h3,5,7-8,10,12,14,17-20H,1-2,4,6,13,15-16H2,(H,28,35)(H,29,30). The van der Waals surface area contributed by atoms with Crippen LogP contribution in [0.4, 0.5) is 5.82 Å². The molecule has 8 nitrogen and oxygen atoms in total. The van der Waals surface area contributed by atoms with Crippen molar-refractivity contribution >= 4 is 11.7 Å². The van der Waals surface area contributed by atoms with Gasteiger partial charge in [-0.25, -0.2) is 9.67 Å². The van der Waals surface area contributed by atoms with E-state index in [2.05, 4.69) is 37.4 Å². The molecule has 0 bridgehead atoms. The second-order valence-electron chi connectivity index (χ2n) is 8.47. The van der Waals surface area contributed by atoms with Crippen LogP contribution in [0.3, 0.4) is 0 Å². The summed E-state index contributed by atoms with van der Waals surface area (Å²) in [6.07, 6.45) is 11.3. The molecule has 2 N–H and O–H groups in total. The fourth-order valence-corrected chi connectivity index (χ4v) is 4.15. The molecule has 1 aromatic carbocycles. The van der Waals surface area contributed by atoms with E-state index in [9.17, 15) is 4.79 Å². The summed E-state index contributed by atoms with van der Waals surface area (Å²) in [6.45, 7) is 2.65. The summed E-state index contributed by atoms with van der Waals surface area (Å²) < 4.78 is 1.75. The monoisotopic (exact) mass is 465 g/mol. The molecule has 176 valence electrons. The van der Waals surface area contributed by atoms with Gasteiger partial charge in [0.25, 0.3) is 5.91 Å². The molecule has 35 heavy (non-hydrogen) atoms. The number of aromatic amines is 1. The minimum atomic E-state index is -0.124.